The number of carbonyl (C=O) groups excluding carboxylic acids is 1. The number of hydrogen-bond acceptors (Lipinski definition) is 9. The zero-order chi connectivity index (χ0) is 13.0. The van der Waals surface area contributed by atoms with Gasteiger partial charge in [0.1, 0.15) is 0 Å². The van der Waals surface area contributed by atoms with E-state index in [2.05, 4.69) is 30.7 Å². The molecule has 4 N–H and O–H groups in total. The van der Waals surface area contributed by atoms with E-state index in [-0.39, 0.29) is 17.6 Å². The van der Waals surface area contributed by atoms with Gasteiger partial charge in [-0.1, -0.05) is 34.9 Å². The van der Waals surface area contributed by atoms with E-state index in [9.17, 15) is 4.79 Å². The second-order valence-electron chi connectivity index (χ2n) is 2.92. The lowest BCUT2D eigenvalue weighted by atomic mass is 10.7. The molecule has 0 unspecified atom stereocenters. The van der Waals surface area contributed by atoms with Gasteiger partial charge in [0.2, 0.25) is 22.1 Å². The van der Waals surface area contributed by atoms with Crippen LogP contribution in [0, 0.1) is 0 Å². The summed E-state index contributed by atoms with van der Waals surface area (Å²) in [6.45, 7) is 0. The second-order valence-corrected chi connectivity index (χ2v) is 5.89. The van der Waals surface area contributed by atoms with Crippen molar-refractivity contribution in [1.29, 1.82) is 0 Å². The molecule has 0 bridgehead atoms. The van der Waals surface area contributed by atoms with E-state index in [1.165, 1.54) is 34.9 Å². The molecule has 0 atom stereocenters. The maximum Gasteiger partial charge on any atom is 0.236 e. The molecule has 0 saturated heterocycles. The summed E-state index contributed by atoms with van der Waals surface area (Å²) < 4.78 is 0.805. The third-order valence-corrected chi connectivity index (χ3v) is 4.30. The summed E-state index contributed by atoms with van der Waals surface area (Å²) in [5.41, 5.74) is 5.36. The molecule has 0 aromatic carbocycles. The Hall–Kier alpha value is -1.33. The van der Waals surface area contributed by atoms with Crippen LogP contribution in [0.4, 0.5) is 11.1 Å². The van der Waals surface area contributed by atoms with Gasteiger partial charge in [0.05, 0.1) is 5.75 Å². The summed E-state index contributed by atoms with van der Waals surface area (Å²) in [5, 5.41) is 17.6. The van der Waals surface area contributed by atoms with Crippen molar-refractivity contribution < 1.29 is 4.79 Å². The quantitative estimate of drug-likeness (QED) is 0.544. The maximum absolute atomic E-state index is 11.6. The normalized spacial score (nSPS) is 10.5. The lowest BCUT2D eigenvalue weighted by Crippen LogP contribution is -2.13. The molecule has 0 fully saturated rings. The van der Waals surface area contributed by atoms with Crippen molar-refractivity contribution in [3.63, 3.8) is 0 Å². The molecule has 0 radical (unpaired) electrons. The van der Waals surface area contributed by atoms with Gasteiger partial charge in [-0.05, 0) is 6.26 Å². The van der Waals surface area contributed by atoms with E-state index >= 15 is 0 Å². The Morgan fingerprint density at radius 1 is 1.56 bits per heavy atom. The van der Waals surface area contributed by atoms with E-state index < -0.39 is 0 Å². The van der Waals surface area contributed by atoms with Crippen molar-refractivity contribution >= 4 is 51.8 Å². The highest BCUT2D eigenvalue weighted by molar-refractivity contribution is 8.00. The highest BCUT2D eigenvalue weighted by atomic mass is 32.2. The first-order valence-electron chi connectivity index (χ1n) is 4.65. The van der Waals surface area contributed by atoms with Crippen LogP contribution in [0.2, 0.25) is 0 Å². The fourth-order valence-electron chi connectivity index (χ4n) is 0.951. The minimum Gasteiger partial charge on any atom is -0.368 e. The molecule has 2 rings (SSSR count). The minimum absolute atomic E-state index is 0.186. The molecule has 2 aromatic rings. The monoisotopic (exact) mass is 303 g/mol. The highest BCUT2D eigenvalue weighted by Gasteiger charge is 2.09. The Bertz CT molecular complexity index is 539. The number of H-pyrrole nitrogens is 1. The fourth-order valence-corrected chi connectivity index (χ4v) is 2.74. The van der Waals surface area contributed by atoms with Gasteiger partial charge in [0.15, 0.2) is 4.34 Å². The molecule has 0 saturated carbocycles. The van der Waals surface area contributed by atoms with Crippen LogP contribution in [0.25, 0.3) is 0 Å². The molecule has 1 amide bonds. The smallest absolute Gasteiger partial charge is 0.236 e. The lowest BCUT2D eigenvalue weighted by molar-refractivity contribution is -0.113. The predicted molar refractivity (Wildman–Crippen MR) is 71.8 cm³/mol. The second kappa shape index (κ2) is 6.02. The summed E-state index contributed by atoms with van der Waals surface area (Å²) in [5.74, 6) is 0.227. The van der Waals surface area contributed by atoms with E-state index in [0.717, 1.165) is 4.34 Å². The molecule has 2 heterocycles. The van der Waals surface area contributed by atoms with Gasteiger partial charge in [-0.3, -0.25) is 10.1 Å². The standard InChI is InChI=1S/C7H9N7OS3/c1-16-7-14-13-6(18-7)9-3(15)2-17-5-10-4(8)11-12-5/h2H2,1H3,(H,9,13,15)(H3,8,10,11,12). The zero-order valence-corrected chi connectivity index (χ0v) is 11.7. The summed E-state index contributed by atoms with van der Waals surface area (Å²) in [7, 11) is 0. The van der Waals surface area contributed by atoms with Crippen LogP contribution in [-0.4, -0.2) is 43.3 Å². The summed E-state index contributed by atoms with van der Waals surface area (Å²) >= 11 is 4.00. The van der Waals surface area contributed by atoms with Crippen LogP contribution in [0.1, 0.15) is 0 Å². The molecular weight excluding hydrogens is 294 g/mol. The fraction of sp³-hybridized carbons (Fsp3) is 0.286. The number of nitrogens with zero attached hydrogens (tertiary/aromatic N) is 4. The van der Waals surface area contributed by atoms with Crippen LogP contribution in [0.3, 0.4) is 0 Å². The van der Waals surface area contributed by atoms with Crippen molar-refractivity contribution in [2.75, 3.05) is 23.1 Å². The van der Waals surface area contributed by atoms with Gasteiger partial charge in [-0.2, -0.15) is 4.98 Å². The van der Waals surface area contributed by atoms with Gasteiger partial charge in [-0.15, -0.1) is 15.3 Å². The molecule has 18 heavy (non-hydrogen) atoms. The van der Waals surface area contributed by atoms with Crippen molar-refractivity contribution in [2.24, 2.45) is 0 Å². The van der Waals surface area contributed by atoms with E-state index in [0.29, 0.717) is 10.3 Å². The number of carbonyl (C=O) groups is 1. The molecule has 0 aliphatic carbocycles. The number of thioether (sulfide) groups is 2. The zero-order valence-electron chi connectivity index (χ0n) is 9.21. The topological polar surface area (TPSA) is 122 Å². The van der Waals surface area contributed by atoms with E-state index in [1.807, 2.05) is 6.26 Å². The number of nitrogens with one attached hydrogen (secondary N) is 2. The molecule has 8 nitrogen and oxygen atoms in total. The predicted octanol–water partition coefficient (Wildman–Crippen LogP) is 0.691. The number of aromatic amines is 1. The Morgan fingerprint density at radius 2 is 2.39 bits per heavy atom. The lowest BCUT2D eigenvalue weighted by Gasteiger charge is -1.97. The highest BCUT2D eigenvalue weighted by Crippen LogP contribution is 2.23. The van der Waals surface area contributed by atoms with Gasteiger partial charge < -0.3 is 5.73 Å². The van der Waals surface area contributed by atoms with Gasteiger partial charge in [0, 0.05) is 0 Å². The third kappa shape index (κ3) is 3.58. The van der Waals surface area contributed by atoms with Gasteiger partial charge >= 0.3 is 0 Å². The third-order valence-electron chi connectivity index (χ3n) is 1.64. The number of amides is 1. The summed E-state index contributed by atoms with van der Waals surface area (Å²) in [4.78, 5) is 15.5. The molecule has 11 heteroatoms. The average Bonchev–Trinajstić information content (AvgIpc) is 2.95. The van der Waals surface area contributed by atoms with Crippen LogP contribution >= 0.6 is 34.9 Å². The van der Waals surface area contributed by atoms with E-state index in [1.54, 1.807) is 0 Å². The first-order chi connectivity index (χ1) is 8.67. The molecular formula is C7H9N7OS3. The molecule has 0 aliphatic rings. The molecule has 2 aromatic heterocycles. The minimum atomic E-state index is -0.188. The molecule has 0 aliphatic heterocycles. The molecule has 0 spiro atoms. The van der Waals surface area contributed by atoms with Crippen molar-refractivity contribution in [3.05, 3.63) is 0 Å². The largest absolute Gasteiger partial charge is 0.368 e. The maximum atomic E-state index is 11.6. The first-order valence-corrected chi connectivity index (χ1v) is 7.68. The van der Waals surface area contributed by atoms with Gasteiger partial charge in [-0.25, -0.2) is 5.10 Å². The van der Waals surface area contributed by atoms with Crippen molar-refractivity contribution in [1.82, 2.24) is 25.4 Å². The Balaban J connectivity index is 1.81. The van der Waals surface area contributed by atoms with Crippen LogP contribution in [0.15, 0.2) is 9.50 Å². The van der Waals surface area contributed by atoms with Crippen LogP contribution in [0.5, 0.6) is 0 Å². The summed E-state index contributed by atoms with van der Waals surface area (Å²) in [6, 6.07) is 0. The number of nitrogens with two attached hydrogens (primary N) is 1. The Labute approximate surface area is 115 Å². The number of rotatable bonds is 5. The number of nitrogen functional groups attached to an aromatic ring is 1. The van der Waals surface area contributed by atoms with E-state index in [4.69, 9.17) is 5.73 Å². The van der Waals surface area contributed by atoms with Crippen molar-refractivity contribution in [2.45, 2.75) is 9.50 Å². The average molecular weight is 303 g/mol. The Kier molecular flexibility index (Phi) is 4.38. The summed E-state index contributed by atoms with van der Waals surface area (Å²) in [6.07, 6.45) is 1.90. The SMILES string of the molecule is CSc1nnc(NC(=O)CSc2n[nH]c(N)n2)s1. The van der Waals surface area contributed by atoms with Crippen molar-refractivity contribution in [3.8, 4) is 0 Å². The van der Waals surface area contributed by atoms with Crippen LogP contribution in [-0.2, 0) is 4.79 Å². The number of hydrogen-bond donors (Lipinski definition) is 3. The number of anilines is 2. The van der Waals surface area contributed by atoms with Gasteiger partial charge in [0.25, 0.3) is 0 Å². The Morgan fingerprint density at radius 3 is 3.00 bits per heavy atom. The van der Waals surface area contributed by atoms with Crippen LogP contribution < -0.4 is 11.1 Å². The number of aromatic nitrogens is 5. The first kappa shape index (κ1) is 13.1. The molecule has 96 valence electrons.